The Morgan fingerprint density at radius 2 is 1.46 bits per heavy atom. The Labute approximate surface area is 83.3 Å². The van der Waals surface area contributed by atoms with Gasteiger partial charge < -0.3 is 0 Å². The molecule has 2 saturated heterocycles. The minimum Gasteiger partial charge on any atom is -0.115 e. The molecule has 0 N–H and O–H groups in total. The molecular weight excluding hydrogens is 175 g/mol. The highest BCUT2D eigenvalue weighted by molar-refractivity contribution is 7.40. The standard InChI is InChI=1S/C12H19P/c1-3-5-9-7-12-10(6-4-2)8-11(9)13-12/h3-4,9-13H,1-2,5-8H2. The van der Waals surface area contributed by atoms with Gasteiger partial charge >= 0.3 is 0 Å². The van der Waals surface area contributed by atoms with Crippen LogP contribution in [0.15, 0.2) is 25.3 Å². The third-order valence-electron chi connectivity index (χ3n) is 3.62. The summed E-state index contributed by atoms with van der Waals surface area (Å²) < 4.78 is 0. The van der Waals surface area contributed by atoms with Gasteiger partial charge in [-0.15, -0.1) is 21.7 Å². The van der Waals surface area contributed by atoms with Gasteiger partial charge in [-0.05, 0) is 48.8 Å². The maximum absolute atomic E-state index is 3.85. The van der Waals surface area contributed by atoms with Gasteiger partial charge in [0.1, 0.15) is 0 Å². The Morgan fingerprint density at radius 3 is 1.77 bits per heavy atom. The molecule has 2 heterocycles. The summed E-state index contributed by atoms with van der Waals surface area (Å²) in [6, 6.07) is 0. The quantitative estimate of drug-likeness (QED) is 0.474. The van der Waals surface area contributed by atoms with E-state index in [-0.39, 0.29) is 0 Å². The van der Waals surface area contributed by atoms with Crippen molar-refractivity contribution in [1.82, 2.24) is 0 Å². The lowest BCUT2D eigenvalue weighted by Crippen LogP contribution is -2.22. The predicted octanol–water partition coefficient (Wildman–Crippen LogP) is 3.59. The van der Waals surface area contributed by atoms with E-state index in [1.54, 1.807) is 0 Å². The van der Waals surface area contributed by atoms with Gasteiger partial charge in [0.05, 0.1) is 0 Å². The Hall–Kier alpha value is -0.0900. The zero-order chi connectivity index (χ0) is 9.26. The van der Waals surface area contributed by atoms with Crippen molar-refractivity contribution in [2.45, 2.75) is 37.0 Å². The second-order valence-electron chi connectivity index (χ2n) is 4.42. The Morgan fingerprint density at radius 1 is 1.00 bits per heavy atom. The summed E-state index contributed by atoms with van der Waals surface area (Å²) >= 11 is 0. The molecule has 0 aromatic carbocycles. The van der Waals surface area contributed by atoms with Gasteiger partial charge in [0.25, 0.3) is 0 Å². The van der Waals surface area contributed by atoms with Crippen molar-refractivity contribution in [2.75, 3.05) is 0 Å². The molecule has 0 radical (unpaired) electrons. The van der Waals surface area contributed by atoms with E-state index in [1.165, 1.54) is 34.3 Å². The van der Waals surface area contributed by atoms with Crippen LogP contribution in [-0.4, -0.2) is 11.3 Å². The van der Waals surface area contributed by atoms with Gasteiger partial charge in [0.15, 0.2) is 0 Å². The van der Waals surface area contributed by atoms with E-state index in [9.17, 15) is 0 Å². The van der Waals surface area contributed by atoms with E-state index in [2.05, 4.69) is 25.3 Å². The molecule has 0 saturated carbocycles. The number of hydrogen-bond donors (Lipinski definition) is 0. The first-order valence-corrected chi connectivity index (χ1v) is 6.48. The minimum atomic E-state index is 0.988. The normalized spacial score (nSPS) is 44.0. The maximum Gasteiger partial charge on any atom is -0.0200 e. The third-order valence-corrected chi connectivity index (χ3v) is 5.89. The van der Waals surface area contributed by atoms with Gasteiger partial charge in [-0.3, -0.25) is 0 Å². The summed E-state index contributed by atoms with van der Waals surface area (Å²) in [4.78, 5) is 0. The van der Waals surface area contributed by atoms with Crippen molar-refractivity contribution >= 4 is 8.58 Å². The first-order valence-electron chi connectivity index (χ1n) is 5.33. The van der Waals surface area contributed by atoms with Crippen LogP contribution < -0.4 is 0 Å². The van der Waals surface area contributed by atoms with Crippen molar-refractivity contribution in [2.24, 2.45) is 11.8 Å². The van der Waals surface area contributed by atoms with Crippen molar-refractivity contribution < 1.29 is 0 Å². The summed E-state index contributed by atoms with van der Waals surface area (Å²) in [5.74, 6) is 1.98. The number of allylic oxidation sites excluding steroid dienone is 2. The number of rotatable bonds is 4. The molecule has 72 valence electrons. The van der Waals surface area contributed by atoms with Gasteiger partial charge in [-0.2, -0.15) is 0 Å². The minimum absolute atomic E-state index is 0.988. The predicted molar refractivity (Wildman–Crippen MR) is 61.7 cm³/mol. The van der Waals surface area contributed by atoms with Crippen LogP contribution in [0.2, 0.25) is 0 Å². The summed E-state index contributed by atoms with van der Waals surface area (Å²) in [5.41, 5.74) is 2.10. The molecule has 2 bridgehead atoms. The number of fused-ring (bicyclic) bond motifs is 2. The van der Waals surface area contributed by atoms with E-state index in [0.29, 0.717) is 0 Å². The summed E-state index contributed by atoms with van der Waals surface area (Å²) in [7, 11) is 1.25. The van der Waals surface area contributed by atoms with E-state index in [0.717, 1.165) is 23.2 Å². The van der Waals surface area contributed by atoms with Gasteiger partial charge in [-0.25, -0.2) is 0 Å². The summed E-state index contributed by atoms with van der Waals surface area (Å²) in [6.07, 6.45) is 9.70. The molecule has 2 fully saturated rings. The highest BCUT2D eigenvalue weighted by Crippen LogP contribution is 2.58. The van der Waals surface area contributed by atoms with Gasteiger partial charge in [0, 0.05) is 0 Å². The highest BCUT2D eigenvalue weighted by atomic mass is 31.1. The molecule has 2 rings (SSSR count). The molecule has 4 unspecified atom stereocenters. The molecule has 0 amide bonds. The van der Waals surface area contributed by atoms with Gasteiger partial charge in [0.2, 0.25) is 0 Å². The average Bonchev–Trinajstić information content (AvgIpc) is 2.65. The first kappa shape index (κ1) is 9.46. The van der Waals surface area contributed by atoms with Crippen molar-refractivity contribution in [1.29, 1.82) is 0 Å². The molecule has 0 aromatic heterocycles. The molecule has 2 aliphatic rings. The fraction of sp³-hybridized carbons (Fsp3) is 0.667. The fourth-order valence-corrected chi connectivity index (χ4v) is 5.51. The van der Waals surface area contributed by atoms with Crippen LogP contribution in [0, 0.1) is 11.8 Å². The lowest BCUT2D eigenvalue weighted by atomic mass is 9.79. The lowest BCUT2D eigenvalue weighted by molar-refractivity contribution is 0.332. The topological polar surface area (TPSA) is 0 Å². The van der Waals surface area contributed by atoms with Gasteiger partial charge in [-0.1, -0.05) is 12.2 Å². The van der Waals surface area contributed by atoms with E-state index < -0.39 is 0 Å². The maximum atomic E-state index is 3.85. The average molecular weight is 194 g/mol. The smallest absolute Gasteiger partial charge is 0.0200 e. The zero-order valence-electron chi connectivity index (χ0n) is 8.21. The second kappa shape index (κ2) is 3.96. The molecular formula is C12H19P. The van der Waals surface area contributed by atoms with Crippen LogP contribution in [-0.2, 0) is 0 Å². The van der Waals surface area contributed by atoms with Crippen molar-refractivity contribution in [3.05, 3.63) is 25.3 Å². The van der Waals surface area contributed by atoms with Crippen LogP contribution in [0.25, 0.3) is 0 Å². The van der Waals surface area contributed by atoms with E-state index >= 15 is 0 Å². The Balaban J connectivity index is 1.91. The molecule has 0 spiro atoms. The largest absolute Gasteiger partial charge is 0.115 e. The van der Waals surface area contributed by atoms with E-state index in [1.807, 2.05) is 0 Å². The van der Waals surface area contributed by atoms with Crippen molar-refractivity contribution in [3.8, 4) is 0 Å². The highest BCUT2D eigenvalue weighted by Gasteiger charge is 2.44. The summed E-state index contributed by atoms with van der Waals surface area (Å²) in [6.45, 7) is 7.70. The monoisotopic (exact) mass is 194 g/mol. The molecule has 0 aliphatic carbocycles. The summed E-state index contributed by atoms with van der Waals surface area (Å²) in [5, 5.41) is 0. The first-order chi connectivity index (χ1) is 6.35. The van der Waals surface area contributed by atoms with Crippen LogP contribution in [0.1, 0.15) is 25.7 Å². The molecule has 13 heavy (non-hydrogen) atoms. The SMILES string of the molecule is C=CCC1CC2PC1CC2CC=C. The lowest BCUT2D eigenvalue weighted by Gasteiger charge is -2.25. The second-order valence-corrected chi connectivity index (χ2v) is 6.24. The van der Waals surface area contributed by atoms with Crippen LogP contribution in [0.4, 0.5) is 0 Å². The molecule has 2 aliphatic heterocycles. The van der Waals surface area contributed by atoms with Crippen LogP contribution in [0.5, 0.6) is 0 Å². The molecule has 4 atom stereocenters. The molecule has 1 heteroatoms. The van der Waals surface area contributed by atoms with Crippen LogP contribution >= 0.6 is 8.58 Å². The Bertz CT molecular complexity index is 187. The van der Waals surface area contributed by atoms with Crippen molar-refractivity contribution in [3.63, 3.8) is 0 Å². The van der Waals surface area contributed by atoms with E-state index in [4.69, 9.17) is 0 Å². The molecule has 0 nitrogen and oxygen atoms in total. The van der Waals surface area contributed by atoms with Crippen LogP contribution in [0.3, 0.4) is 0 Å². The third kappa shape index (κ3) is 1.74. The fourth-order valence-electron chi connectivity index (χ4n) is 3.00. The zero-order valence-corrected chi connectivity index (χ0v) is 9.21. The Kier molecular flexibility index (Phi) is 2.89. The molecule has 0 aromatic rings. The number of hydrogen-bond acceptors (Lipinski definition) is 0.